The van der Waals surface area contributed by atoms with Crippen LogP contribution in [0.3, 0.4) is 0 Å². The van der Waals surface area contributed by atoms with Crippen LogP contribution in [0.2, 0.25) is 5.02 Å². The second-order valence-electron chi connectivity index (χ2n) is 7.94. The SMILES string of the molecule is CC(=O)N1N=C(c2c(-c3ccccc3)c3cc(Cl)ccc3[nH]c2=O)C[C@@H]1c1ccc(Br)cc1. The maximum atomic E-state index is 13.4. The third-order valence-electron chi connectivity index (χ3n) is 5.82. The van der Waals surface area contributed by atoms with Crippen molar-refractivity contribution in [1.29, 1.82) is 0 Å². The molecule has 5 nitrogen and oxygen atoms in total. The van der Waals surface area contributed by atoms with E-state index in [1.54, 1.807) is 12.1 Å². The average Bonchev–Trinajstić information content (AvgIpc) is 3.25. The Kier molecular flexibility index (Phi) is 5.64. The van der Waals surface area contributed by atoms with E-state index in [2.05, 4.69) is 26.0 Å². The third kappa shape index (κ3) is 4.01. The van der Waals surface area contributed by atoms with Crippen LogP contribution in [0.5, 0.6) is 0 Å². The van der Waals surface area contributed by atoms with Gasteiger partial charge in [0.15, 0.2) is 0 Å². The van der Waals surface area contributed by atoms with Gasteiger partial charge in [0.2, 0.25) is 5.91 Å². The Morgan fingerprint density at radius 1 is 1.06 bits per heavy atom. The molecule has 0 saturated heterocycles. The largest absolute Gasteiger partial charge is 0.321 e. The van der Waals surface area contributed by atoms with Gasteiger partial charge in [0.05, 0.1) is 17.3 Å². The number of hydrogen-bond donors (Lipinski definition) is 1. The van der Waals surface area contributed by atoms with Crippen molar-refractivity contribution in [2.75, 3.05) is 0 Å². The van der Waals surface area contributed by atoms with Gasteiger partial charge >= 0.3 is 0 Å². The summed E-state index contributed by atoms with van der Waals surface area (Å²) in [6.07, 6.45) is 0.427. The molecule has 1 amide bonds. The lowest BCUT2D eigenvalue weighted by molar-refractivity contribution is -0.130. The quantitative estimate of drug-likeness (QED) is 0.344. The predicted octanol–water partition coefficient (Wildman–Crippen LogP) is 6.31. The maximum absolute atomic E-state index is 13.4. The summed E-state index contributed by atoms with van der Waals surface area (Å²) >= 11 is 9.79. The molecule has 1 aliphatic heterocycles. The molecule has 1 N–H and O–H groups in total. The smallest absolute Gasteiger partial charge is 0.258 e. The summed E-state index contributed by atoms with van der Waals surface area (Å²) in [5, 5.41) is 7.52. The third-order valence-corrected chi connectivity index (χ3v) is 6.58. The summed E-state index contributed by atoms with van der Waals surface area (Å²) in [6.45, 7) is 1.49. The highest BCUT2D eigenvalue weighted by atomic mass is 79.9. The van der Waals surface area contributed by atoms with Crippen LogP contribution >= 0.6 is 27.5 Å². The van der Waals surface area contributed by atoms with Crippen molar-refractivity contribution < 1.29 is 4.79 Å². The summed E-state index contributed by atoms with van der Waals surface area (Å²) in [5.74, 6) is -0.181. The summed E-state index contributed by atoms with van der Waals surface area (Å²) in [6, 6.07) is 22.6. The lowest BCUT2D eigenvalue weighted by Gasteiger charge is -2.20. The predicted molar refractivity (Wildman–Crippen MR) is 136 cm³/mol. The van der Waals surface area contributed by atoms with E-state index < -0.39 is 0 Å². The summed E-state index contributed by atoms with van der Waals surface area (Å²) in [7, 11) is 0. The number of rotatable bonds is 3. The molecule has 1 atom stereocenters. The molecule has 1 aliphatic rings. The lowest BCUT2D eigenvalue weighted by atomic mass is 9.91. The summed E-state index contributed by atoms with van der Waals surface area (Å²) < 4.78 is 0.953. The van der Waals surface area contributed by atoms with Gasteiger partial charge in [-0.1, -0.05) is 70.0 Å². The number of halogens is 2. The van der Waals surface area contributed by atoms with Gasteiger partial charge in [0.25, 0.3) is 5.56 Å². The van der Waals surface area contributed by atoms with Crippen molar-refractivity contribution in [2.24, 2.45) is 5.10 Å². The summed E-state index contributed by atoms with van der Waals surface area (Å²) in [5.41, 5.74) is 4.07. The second kappa shape index (κ2) is 8.61. The van der Waals surface area contributed by atoms with Gasteiger partial charge in [-0.25, -0.2) is 5.01 Å². The van der Waals surface area contributed by atoms with Crippen molar-refractivity contribution in [2.45, 2.75) is 19.4 Å². The van der Waals surface area contributed by atoms with E-state index in [1.807, 2.05) is 60.7 Å². The number of hydrogen-bond acceptors (Lipinski definition) is 3. The minimum atomic E-state index is -0.288. The maximum Gasteiger partial charge on any atom is 0.258 e. The highest BCUT2D eigenvalue weighted by molar-refractivity contribution is 9.10. The molecule has 0 radical (unpaired) electrons. The number of amides is 1. The number of fused-ring (bicyclic) bond motifs is 1. The molecule has 0 aliphatic carbocycles. The molecule has 5 rings (SSSR count). The van der Waals surface area contributed by atoms with Crippen LogP contribution in [0.25, 0.3) is 22.0 Å². The fourth-order valence-electron chi connectivity index (χ4n) is 4.34. The second-order valence-corrected chi connectivity index (χ2v) is 9.29. The Hall–Kier alpha value is -3.22. The van der Waals surface area contributed by atoms with Crippen LogP contribution in [0.4, 0.5) is 0 Å². The number of carbonyl (C=O) groups is 1. The standard InChI is InChI=1S/C26H19BrClN3O2/c1-15(32)31-23(16-7-9-18(27)10-8-16)14-22(30-31)25-24(17-5-3-2-4-6-17)20-13-19(28)11-12-21(20)29-26(25)33/h2-13,23H,14H2,1H3,(H,29,33)/t23-/m1/s1. The number of carbonyl (C=O) groups excluding carboxylic acids is 1. The topological polar surface area (TPSA) is 65.5 Å². The molecule has 0 unspecified atom stereocenters. The monoisotopic (exact) mass is 519 g/mol. The fourth-order valence-corrected chi connectivity index (χ4v) is 4.78. The van der Waals surface area contributed by atoms with Gasteiger partial charge in [-0.05, 0) is 41.5 Å². The van der Waals surface area contributed by atoms with Crippen molar-refractivity contribution >= 4 is 50.1 Å². The van der Waals surface area contributed by atoms with Gasteiger partial charge in [-0.15, -0.1) is 0 Å². The molecule has 1 aromatic heterocycles. The molecule has 3 aromatic carbocycles. The van der Waals surface area contributed by atoms with Crippen LogP contribution in [0.15, 0.2) is 87.2 Å². The van der Waals surface area contributed by atoms with Crippen molar-refractivity contribution in [3.8, 4) is 11.1 Å². The molecule has 33 heavy (non-hydrogen) atoms. The molecule has 0 fully saturated rings. The lowest BCUT2D eigenvalue weighted by Crippen LogP contribution is -2.24. The fraction of sp³-hybridized carbons (Fsp3) is 0.115. The Morgan fingerprint density at radius 2 is 1.79 bits per heavy atom. The highest BCUT2D eigenvalue weighted by Gasteiger charge is 2.34. The van der Waals surface area contributed by atoms with Crippen LogP contribution in [0.1, 0.15) is 30.5 Å². The number of nitrogens with one attached hydrogen (secondary N) is 1. The number of H-pyrrole nitrogens is 1. The van der Waals surface area contributed by atoms with Crippen molar-refractivity contribution in [3.63, 3.8) is 0 Å². The molecule has 4 aromatic rings. The Labute approximate surface area is 203 Å². The first-order valence-corrected chi connectivity index (χ1v) is 11.6. The highest BCUT2D eigenvalue weighted by Crippen LogP contribution is 2.37. The number of benzene rings is 3. The van der Waals surface area contributed by atoms with Crippen LogP contribution in [-0.4, -0.2) is 21.6 Å². The first-order chi connectivity index (χ1) is 15.9. The molecular formula is C26H19BrClN3O2. The number of nitrogens with zero attached hydrogens (tertiary/aromatic N) is 2. The Morgan fingerprint density at radius 3 is 2.48 bits per heavy atom. The first-order valence-electron chi connectivity index (χ1n) is 10.5. The average molecular weight is 521 g/mol. The summed E-state index contributed by atoms with van der Waals surface area (Å²) in [4.78, 5) is 28.8. The van der Waals surface area contributed by atoms with Gasteiger partial charge in [0.1, 0.15) is 0 Å². The van der Waals surface area contributed by atoms with Crippen LogP contribution in [0, 0.1) is 0 Å². The molecular weight excluding hydrogens is 502 g/mol. The number of aromatic nitrogens is 1. The molecule has 164 valence electrons. The van der Waals surface area contributed by atoms with E-state index in [-0.39, 0.29) is 17.5 Å². The van der Waals surface area contributed by atoms with E-state index >= 15 is 0 Å². The Balaban J connectivity index is 1.74. The van der Waals surface area contributed by atoms with Gasteiger partial charge in [0, 0.05) is 39.3 Å². The molecule has 0 bridgehead atoms. The minimum absolute atomic E-state index is 0.181. The van der Waals surface area contributed by atoms with E-state index in [9.17, 15) is 9.59 Å². The molecule has 0 spiro atoms. The zero-order valence-corrected chi connectivity index (χ0v) is 20.0. The zero-order chi connectivity index (χ0) is 23.1. The van der Waals surface area contributed by atoms with Gasteiger partial charge in [-0.2, -0.15) is 5.10 Å². The van der Waals surface area contributed by atoms with E-state index in [4.69, 9.17) is 11.6 Å². The van der Waals surface area contributed by atoms with Crippen LogP contribution < -0.4 is 5.56 Å². The minimum Gasteiger partial charge on any atom is -0.321 e. The number of pyridine rings is 1. The Bertz CT molecular complexity index is 1460. The first kappa shape index (κ1) is 21.6. The van der Waals surface area contributed by atoms with E-state index in [0.717, 1.165) is 26.5 Å². The number of hydrazone groups is 1. The normalized spacial score (nSPS) is 15.7. The van der Waals surface area contributed by atoms with E-state index in [0.29, 0.717) is 28.2 Å². The molecule has 0 saturated carbocycles. The van der Waals surface area contributed by atoms with Gasteiger partial charge in [-0.3, -0.25) is 9.59 Å². The molecule has 7 heteroatoms. The molecule has 2 heterocycles. The van der Waals surface area contributed by atoms with Crippen molar-refractivity contribution in [1.82, 2.24) is 9.99 Å². The van der Waals surface area contributed by atoms with Crippen molar-refractivity contribution in [3.05, 3.63) is 104 Å². The van der Waals surface area contributed by atoms with Crippen LogP contribution in [-0.2, 0) is 4.79 Å². The number of aromatic amines is 1. The zero-order valence-electron chi connectivity index (χ0n) is 17.7. The van der Waals surface area contributed by atoms with Gasteiger partial charge < -0.3 is 4.98 Å². The van der Waals surface area contributed by atoms with E-state index in [1.165, 1.54) is 11.9 Å².